The molecule has 0 fully saturated rings. The Bertz CT molecular complexity index is 1050. The number of hydrogen-bond acceptors (Lipinski definition) is 7. The van der Waals surface area contributed by atoms with E-state index in [4.69, 9.17) is 51.8 Å². The number of alkyl halides is 3. The van der Waals surface area contributed by atoms with E-state index >= 15 is 0 Å². The number of nitro groups is 2. The Labute approximate surface area is 201 Å². The summed E-state index contributed by atoms with van der Waals surface area (Å²) in [6.45, 7) is 0. The lowest BCUT2D eigenvalue weighted by molar-refractivity contribution is -0.385. The van der Waals surface area contributed by atoms with Gasteiger partial charge in [-0.1, -0.05) is 34.8 Å². The number of thiocarbonyl (C=S) groups is 1. The largest absolute Gasteiger partial charge is 0.495 e. The van der Waals surface area contributed by atoms with Crippen molar-refractivity contribution in [2.45, 2.75) is 9.96 Å². The molecule has 0 saturated heterocycles. The van der Waals surface area contributed by atoms with Crippen molar-refractivity contribution in [1.82, 2.24) is 10.6 Å². The van der Waals surface area contributed by atoms with Gasteiger partial charge in [0, 0.05) is 29.8 Å². The summed E-state index contributed by atoms with van der Waals surface area (Å²) >= 11 is 23.0. The molecule has 0 aliphatic heterocycles. The van der Waals surface area contributed by atoms with E-state index in [2.05, 4.69) is 16.0 Å². The number of nitrogens with one attached hydrogen (secondary N) is 3. The molecular weight excluding hydrogens is 509 g/mol. The highest BCUT2D eigenvalue weighted by Gasteiger charge is 2.35. The van der Waals surface area contributed by atoms with Crippen molar-refractivity contribution in [1.29, 1.82) is 0 Å². The molecule has 0 aromatic heterocycles. The molecule has 2 aromatic rings. The fraction of sp³-hybridized carbons (Fsp3) is 0.176. The smallest absolute Gasteiger partial charge is 0.271 e. The van der Waals surface area contributed by atoms with Gasteiger partial charge in [-0.05, 0) is 30.4 Å². The third-order valence-corrected chi connectivity index (χ3v) is 4.74. The van der Waals surface area contributed by atoms with Crippen molar-refractivity contribution in [3.05, 3.63) is 68.3 Å². The third-order valence-electron chi connectivity index (χ3n) is 3.86. The van der Waals surface area contributed by atoms with Crippen LogP contribution in [0.15, 0.2) is 42.5 Å². The molecule has 11 nitrogen and oxygen atoms in total. The Morgan fingerprint density at radius 3 is 2.09 bits per heavy atom. The summed E-state index contributed by atoms with van der Waals surface area (Å²) in [5.41, 5.74) is -0.200. The summed E-state index contributed by atoms with van der Waals surface area (Å²) in [5, 5.41) is 29.3. The maximum atomic E-state index is 12.5. The van der Waals surface area contributed by atoms with Gasteiger partial charge in [-0.2, -0.15) is 0 Å². The molecule has 1 atom stereocenters. The zero-order valence-electron chi connectivity index (χ0n) is 16.0. The van der Waals surface area contributed by atoms with E-state index in [0.717, 1.165) is 12.1 Å². The summed E-state index contributed by atoms with van der Waals surface area (Å²) in [7, 11) is 1.36. The van der Waals surface area contributed by atoms with E-state index in [9.17, 15) is 25.0 Å². The van der Waals surface area contributed by atoms with Crippen LogP contribution >= 0.6 is 47.0 Å². The van der Waals surface area contributed by atoms with Gasteiger partial charge in [-0.15, -0.1) is 0 Å². The molecule has 15 heteroatoms. The second kappa shape index (κ2) is 10.6. The van der Waals surface area contributed by atoms with Gasteiger partial charge in [0.2, 0.25) is 3.79 Å². The minimum Gasteiger partial charge on any atom is -0.495 e. The lowest BCUT2D eigenvalue weighted by atomic mass is 10.2. The number of carbonyl (C=O) groups is 1. The average molecular weight is 523 g/mol. The van der Waals surface area contributed by atoms with Crippen molar-refractivity contribution in [2.24, 2.45) is 0 Å². The van der Waals surface area contributed by atoms with E-state index in [-0.39, 0.29) is 33.5 Å². The first kappa shape index (κ1) is 25.3. The summed E-state index contributed by atoms with van der Waals surface area (Å²) in [6, 6.07) is 8.55. The van der Waals surface area contributed by atoms with Gasteiger partial charge in [-0.25, -0.2) is 0 Å². The van der Waals surface area contributed by atoms with Crippen LogP contribution in [0.3, 0.4) is 0 Å². The zero-order valence-corrected chi connectivity index (χ0v) is 19.1. The van der Waals surface area contributed by atoms with Gasteiger partial charge in [0.05, 0.1) is 22.6 Å². The Balaban J connectivity index is 2.16. The quantitative estimate of drug-likeness (QED) is 0.162. The average Bonchev–Trinajstić information content (AvgIpc) is 2.72. The fourth-order valence-corrected chi connectivity index (χ4v) is 2.90. The molecule has 1 unspecified atom stereocenters. The predicted octanol–water partition coefficient (Wildman–Crippen LogP) is 3.92. The van der Waals surface area contributed by atoms with Crippen molar-refractivity contribution >= 4 is 75.1 Å². The number of non-ortho nitro benzene ring substituents is 2. The van der Waals surface area contributed by atoms with Crippen molar-refractivity contribution in [3.8, 4) is 5.75 Å². The zero-order chi connectivity index (χ0) is 24.1. The molecule has 0 heterocycles. The molecule has 170 valence electrons. The summed E-state index contributed by atoms with van der Waals surface area (Å²) in [6.07, 6.45) is -1.35. The molecule has 0 spiro atoms. The number of methoxy groups -OCH3 is 1. The lowest BCUT2D eigenvalue weighted by Crippen LogP contribution is -2.56. The van der Waals surface area contributed by atoms with Gasteiger partial charge in [-0.3, -0.25) is 25.0 Å². The van der Waals surface area contributed by atoms with Gasteiger partial charge in [0.25, 0.3) is 17.3 Å². The number of anilines is 1. The number of halogens is 3. The highest BCUT2D eigenvalue weighted by atomic mass is 35.6. The number of nitrogens with zero attached hydrogens (tertiary/aromatic N) is 2. The van der Waals surface area contributed by atoms with E-state index in [1.807, 2.05) is 0 Å². The topological polar surface area (TPSA) is 149 Å². The molecule has 1 amide bonds. The van der Waals surface area contributed by atoms with Crippen LogP contribution in [0.25, 0.3) is 0 Å². The second-order valence-electron chi connectivity index (χ2n) is 5.99. The van der Waals surface area contributed by atoms with Crippen LogP contribution in [0.5, 0.6) is 5.75 Å². The summed E-state index contributed by atoms with van der Waals surface area (Å²) < 4.78 is 3.06. The fourth-order valence-electron chi connectivity index (χ4n) is 2.35. The second-order valence-corrected chi connectivity index (χ2v) is 8.77. The Kier molecular flexibility index (Phi) is 8.38. The Hall–Kier alpha value is -2.93. The third kappa shape index (κ3) is 6.79. The molecule has 0 aliphatic carbocycles. The van der Waals surface area contributed by atoms with Crippen LogP contribution in [0.1, 0.15) is 10.4 Å². The molecule has 0 bridgehead atoms. The van der Waals surface area contributed by atoms with Gasteiger partial charge >= 0.3 is 0 Å². The number of benzene rings is 2. The SMILES string of the molecule is COc1ccc([N+](=O)[O-])cc1NC(=S)NC(NC(=O)c1ccc([N+](=O)[O-])cc1)C(Cl)(Cl)Cl. The molecule has 32 heavy (non-hydrogen) atoms. The molecule has 3 N–H and O–H groups in total. The van der Waals surface area contributed by atoms with E-state index in [0.29, 0.717) is 0 Å². The number of ether oxygens (including phenoxy) is 1. The van der Waals surface area contributed by atoms with Gasteiger partial charge in [0.1, 0.15) is 11.9 Å². The standard InChI is InChI=1S/C17H14Cl3N5O6S/c1-31-13-7-6-11(25(29)30)8-12(13)21-16(32)23-15(17(18,19)20)22-14(26)9-2-4-10(5-3-9)24(27)28/h2-8,15H,1H3,(H,22,26)(H2,21,23,32). The number of carbonyl (C=O) groups excluding carboxylic acids is 1. The highest BCUT2D eigenvalue weighted by molar-refractivity contribution is 7.80. The molecule has 2 rings (SSSR count). The molecular formula is C17H14Cl3N5O6S. The Morgan fingerprint density at radius 1 is 1.03 bits per heavy atom. The number of hydrogen-bond donors (Lipinski definition) is 3. The minimum absolute atomic E-state index is 0.0656. The van der Waals surface area contributed by atoms with Crippen molar-refractivity contribution in [2.75, 3.05) is 12.4 Å². The number of nitro benzene ring substituents is 2. The van der Waals surface area contributed by atoms with Crippen LogP contribution in [0, 0.1) is 20.2 Å². The van der Waals surface area contributed by atoms with Gasteiger partial charge in [0.15, 0.2) is 5.11 Å². The highest BCUT2D eigenvalue weighted by Crippen LogP contribution is 2.31. The minimum atomic E-state index is -2.07. The van der Waals surface area contributed by atoms with Crippen molar-refractivity contribution in [3.63, 3.8) is 0 Å². The molecule has 2 aromatic carbocycles. The van der Waals surface area contributed by atoms with Crippen molar-refractivity contribution < 1.29 is 19.4 Å². The van der Waals surface area contributed by atoms with Crippen LogP contribution in [0.2, 0.25) is 0 Å². The van der Waals surface area contributed by atoms with Crippen LogP contribution < -0.4 is 20.7 Å². The first-order valence-corrected chi connectivity index (χ1v) is 9.98. The normalized spacial score (nSPS) is 11.8. The first-order valence-electron chi connectivity index (χ1n) is 8.44. The monoisotopic (exact) mass is 521 g/mol. The van der Waals surface area contributed by atoms with Crippen LogP contribution in [0.4, 0.5) is 17.1 Å². The lowest BCUT2D eigenvalue weighted by Gasteiger charge is -2.28. The molecule has 0 aliphatic rings. The molecule has 0 radical (unpaired) electrons. The Morgan fingerprint density at radius 2 is 1.59 bits per heavy atom. The van der Waals surface area contributed by atoms with Gasteiger partial charge < -0.3 is 20.7 Å². The van der Waals surface area contributed by atoms with E-state index in [1.54, 1.807) is 0 Å². The van der Waals surface area contributed by atoms with E-state index in [1.165, 1.54) is 37.4 Å². The summed E-state index contributed by atoms with van der Waals surface area (Å²) in [5.74, 6) is -0.459. The number of amides is 1. The maximum absolute atomic E-state index is 12.5. The summed E-state index contributed by atoms with van der Waals surface area (Å²) in [4.78, 5) is 33.0. The van der Waals surface area contributed by atoms with Crippen LogP contribution in [-0.2, 0) is 0 Å². The molecule has 0 saturated carbocycles. The first-order chi connectivity index (χ1) is 14.9. The van der Waals surface area contributed by atoms with Crippen LogP contribution in [-0.4, -0.2) is 37.9 Å². The predicted molar refractivity (Wildman–Crippen MR) is 124 cm³/mol. The maximum Gasteiger partial charge on any atom is 0.271 e. The number of rotatable bonds is 7. The van der Waals surface area contributed by atoms with E-state index < -0.39 is 25.7 Å².